The molecule has 1 N–H and O–H groups in total. The summed E-state index contributed by atoms with van der Waals surface area (Å²) < 4.78 is 40.8. The minimum absolute atomic E-state index is 0.0283. The molecule has 7 nitrogen and oxygen atoms in total. The number of phenolic OH excluding ortho intramolecular Hbond substituents is 1. The quantitative estimate of drug-likeness (QED) is 0.676. The fourth-order valence-corrected chi connectivity index (χ4v) is 4.31. The summed E-state index contributed by atoms with van der Waals surface area (Å²) in [6, 6.07) is 7.12. The SMILES string of the molecule is O=[N+]([O-])c1cc(S(=O)(=O)N2CCCc3cccc(F)c32)ccc1O. The molecule has 0 saturated carbocycles. The van der Waals surface area contributed by atoms with E-state index in [9.17, 15) is 28.0 Å². The molecule has 0 atom stereocenters. The summed E-state index contributed by atoms with van der Waals surface area (Å²) in [5, 5.41) is 20.4. The average molecular weight is 352 g/mol. The van der Waals surface area contributed by atoms with Crippen molar-refractivity contribution in [1.82, 2.24) is 0 Å². The number of halogens is 1. The lowest BCUT2D eigenvalue weighted by Crippen LogP contribution is -2.36. The van der Waals surface area contributed by atoms with Crippen molar-refractivity contribution in [3.63, 3.8) is 0 Å². The van der Waals surface area contributed by atoms with Crippen LogP contribution in [0.3, 0.4) is 0 Å². The van der Waals surface area contributed by atoms with Crippen molar-refractivity contribution in [3.05, 3.63) is 57.9 Å². The number of aromatic hydroxyl groups is 1. The van der Waals surface area contributed by atoms with E-state index in [0.29, 0.717) is 18.4 Å². The molecule has 0 aromatic heterocycles. The number of fused-ring (bicyclic) bond motifs is 1. The molecule has 1 aliphatic heterocycles. The molecule has 0 unspecified atom stereocenters. The molecule has 2 aromatic carbocycles. The Balaban J connectivity index is 2.14. The van der Waals surface area contributed by atoms with Gasteiger partial charge in [-0.15, -0.1) is 0 Å². The Morgan fingerprint density at radius 3 is 2.71 bits per heavy atom. The van der Waals surface area contributed by atoms with Crippen molar-refractivity contribution < 1.29 is 22.8 Å². The number of hydrogen-bond donors (Lipinski definition) is 1. The van der Waals surface area contributed by atoms with Gasteiger partial charge in [0, 0.05) is 12.6 Å². The van der Waals surface area contributed by atoms with E-state index in [-0.39, 0.29) is 17.1 Å². The summed E-state index contributed by atoms with van der Waals surface area (Å²) >= 11 is 0. The maximum atomic E-state index is 14.2. The lowest BCUT2D eigenvalue weighted by molar-refractivity contribution is -0.386. The number of phenols is 1. The average Bonchev–Trinajstić information content (AvgIpc) is 2.54. The number of rotatable bonds is 3. The van der Waals surface area contributed by atoms with Crippen LogP contribution in [-0.2, 0) is 16.4 Å². The highest BCUT2D eigenvalue weighted by Crippen LogP contribution is 2.36. The molecule has 0 spiro atoms. The first-order chi connectivity index (χ1) is 11.3. The van der Waals surface area contributed by atoms with Gasteiger partial charge in [0.15, 0.2) is 5.75 Å². The van der Waals surface area contributed by atoms with E-state index >= 15 is 0 Å². The second-order valence-corrected chi connectivity index (χ2v) is 7.20. The highest BCUT2D eigenvalue weighted by molar-refractivity contribution is 7.92. The molecule has 0 amide bonds. The van der Waals surface area contributed by atoms with Crippen LogP contribution < -0.4 is 4.31 Å². The van der Waals surface area contributed by atoms with Gasteiger partial charge in [-0.2, -0.15) is 0 Å². The highest BCUT2D eigenvalue weighted by atomic mass is 32.2. The van der Waals surface area contributed by atoms with Gasteiger partial charge in [0.2, 0.25) is 0 Å². The summed E-state index contributed by atoms with van der Waals surface area (Å²) in [7, 11) is -4.19. The lowest BCUT2D eigenvalue weighted by Gasteiger charge is -2.30. The number of sulfonamides is 1. The zero-order chi connectivity index (χ0) is 17.5. The first-order valence-electron chi connectivity index (χ1n) is 7.10. The van der Waals surface area contributed by atoms with Gasteiger partial charge in [-0.05, 0) is 36.6 Å². The molecule has 0 radical (unpaired) electrons. The van der Waals surface area contributed by atoms with Crippen LogP contribution in [-0.4, -0.2) is 25.0 Å². The van der Waals surface area contributed by atoms with Crippen molar-refractivity contribution in [1.29, 1.82) is 0 Å². The van der Waals surface area contributed by atoms with E-state index in [4.69, 9.17) is 0 Å². The molecule has 0 bridgehead atoms. The third-order valence-corrected chi connectivity index (χ3v) is 5.65. The molecule has 9 heteroatoms. The summed E-state index contributed by atoms with van der Waals surface area (Å²) in [6.45, 7) is 0.0743. The Labute approximate surface area is 137 Å². The normalized spacial score (nSPS) is 14.3. The van der Waals surface area contributed by atoms with Crippen molar-refractivity contribution in [2.75, 3.05) is 10.8 Å². The number of para-hydroxylation sites is 1. The smallest absolute Gasteiger partial charge is 0.312 e. The largest absolute Gasteiger partial charge is 0.502 e. The maximum Gasteiger partial charge on any atom is 0.312 e. The third kappa shape index (κ3) is 2.56. The van der Waals surface area contributed by atoms with Crippen LogP contribution >= 0.6 is 0 Å². The second-order valence-electron chi connectivity index (χ2n) is 5.34. The van der Waals surface area contributed by atoms with Gasteiger partial charge in [-0.25, -0.2) is 12.8 Å². The summed E-state index contributed by atoms with van der Waals surface area (Å²) in [6.07, 6.45) is 1.06. The summed E-state index contributed by atoms with van der Waals surface area (Å²) in [5.41, 5.74) is -0.181. The number of benzene rings is 2. The van der Waals surface area contributed by atoms with Crippen molar-refractivity contribution in [3.8, 4) is 5.75 Å². The third-order valence-electron chi connectivity index (χ3n) is 3.86. The monoisotopic (exact) mass is 352 g/mol. The molecular weight excluding hydrogens is 339 g/mol. The minimum Gasteiger partial charge on any atom is -0.502 e. The molecule has 24 heavy (non-hydrogen) atoms. The highest BCUT2D eigenvalue weighted by Gasteiger charge is 2.32. The Hall–Kier alpha value is -2.68. The predicted molar refractivity (Wildman–Crippen MR) is 84.0 cm³/mol. The topological polar surface area (TPSA) is 101 Å². The van der Waals surface area contributed by atoms with Crippen LogP contribution in [0.25, 0.3) is 0 Å². The maximum absolute atomic E-state index is 14.2. The minimum atomic E-state index is -4.19. The Kier molecular flexibility index (Phi) is 3.88. The van der Waals surface area contributed by atoms with Crippen LogP contribution in [0.1, 0.15) is 12.0 Å². The molecule has 0 aliphatic carbocycles. The van der Waals surface area contributed by atoms with Crippen LogP contribution in [0.2, 0.25) is 0 Å². The molecular formula is C15H13FN2O5S. The number of aryl methyl sites for hydroxylation is 1. The van der Waals surface area contributed by atoms with E-state index in [1.807, 2.05) is 0 Å². The van der Waals surface area contributed by atoms with Crippen LogP contribution in [0, 0.1) is 15.9 Å². The number of nitro benzene ring substituents is 1. The zero-order valence-corrected chi connectivity index (χ0v) is 13.2. The second kappa shape index (κ2) is 5.75. The van der Waals surface area contributed by atoms with Gasteiger partial charge in [0.25, 0.3) is 10.0 Å². The standard InChI is InChI=1S/C15H13FN2O5S/c16-12-5-1-3-10-4-2-8-17(15(10)12)24(22,23)11-6-7-14(19)13(9-11)18(20)21/h1,3,5-7,9,19H,2,4,8H2. The molecule has 1 heterocycles. The van der Waals surface area contributed by atoms with E-state index in [1.165, 1.54) is 12.1 Å². The molecule has 1 aliphatic rings. The summed E-state index contributed by atoms with van der Waals surface area (Å²) in [5.74, 6) is -1.30. The van der Waals surface area contributed by atoms with E-state index < -0.39 is 32.2 Å². The van der Waals surface area contributed by atoms with Gasteiger partial charge in [-0.1, -0.05) is 12.1 Å². The number of nitrogens with zero attached hydrogens (tertiary/aromatic N) is 2. The van der Waals surface area contributed by atoms with E-state index in [0.717, 1.165) is 22.5 Å². The lowest BCUT2D eigenvalue weighted by atomic mass is 10.0. The molecule has 126 valence electrons. The van der Waals surface area contributed by atoms with Gasteiger partial charge in [0.05, 0.1) is 15.5 Å². The van der Waals surface area contributed by atoms with Gasteiger partial charge >= 0.3 is 5.69 Å². The first-order valence-corrected chi connectivity index (χ1v) is 8.54. The number of nitro groups is 1. The van der Waals surface area contributed by atoms with Crippen molar-refractivity contribution in [2.24, 2.45) is 0 Å². The van der Waals surface area contributed by atoms with Crippen molar-refractivity contribution >= 4 is 21.4 Å². The van der Waals surface area contributed by atoms with Crippen LogP contribution in [0.5, 0.6) is 5.75 Å². The molecule has 3 rings (SSSR count). The molecule has 0 fully saturated rings. The molecule has 0 saturated heterocycles. The Morgan fingerprint density at radius 2 is 2.00 bits per heavy atom. The predicted octanol–water partition coefficient (Wildman–Crippen LogP) is 2.58. The number of hydrogen-bond acceptors (Lipinski definition) is 5. The Bertz CT molecular complexity index is 929. The van der Waals surface area contributed by atoms with Crippen LogP contribution in [0.15, 0.2) is 41.3 Å². The summed E-state index contributed by atoms with van der Waals surface area (Å²) in [4.78, 5) is 9.66. The first kappa shape index (κ1) is 16.2. The van der Waals surface area contributed by atoms with Gasteiger partial charge < -0.3 is 5.11 Å². The number of anilines is 1. The zero-order valence-electron chi connectivity index (χ0n) is 12.3. The fraction of sp³-hybridized carbons (Fsp3) is 0.200. The van der Waals surface area contributed by atoms with E-state index in [2.05, 4.69) is 0 Å². The fourth-order valence-electron chi connectivity index (χ4n) is 2.74. The van der Waals surface area contributed by atoms with Gasteiger partial charge in [-0.3, -0.25) is 14.4 Å². The van der Waals surface area contributed by atoms with Gasteiger partial charge in [0.1, 0.15) is 5.82 Å². The van der Waals surface area contributed by atoms with Crippen LogP contribution in [0.4, 0.5) is 15.8 Å². The Morgan fingerprint density at radius 1 is 1.25 bits per heavy atom. The molecule has 2 aromatic rings. The van der Waals surface area contributed by atoms with Crippen molar-refractivity contribution in [2.45, 2.75) is 17.7 Å². The van der Waals surface area contributed by atoms with E-state index in [1.54, 1.807) is 6.07 Å².